The van der Waals surface area contributed by atoms with Gasteiger partial charge in [-0.15, -0.1) is 0 Å². The molecule has 110 valence electrons. The summed E-state index contributed by atoms with van der Waals surface area (Å²) >= 11 is 0. The van der Waals surface area contributed by atoms with Crippen LogP contribution in [0.1, 0.15) is 72.1 Å². The standard InChI is InChI=1S/C16H30N2O/c1-4-6-8-10-16(3,11-9-7-5-2)18-12-13-19-14-15(18)17/h12-14H,4-11,17H2,1-3H3. The van der Waals surface area contributed by atoms with E-state index in [1.54, 1.807) is 12.5 Å². The molecule has 0 saturated heterocycles. The van der Waals surface area contributed by atoms with Crippen LogP contribution >= 0.6 is 0 Å². The van der Waals surface area contributed by atoms with Crippen LogP contribution in [0.3, 0.4) is 0 Å². The Morgan fingerprint density at radius 1 is 1.11 bits per heavy atom. The molecule has 0 aromatic rings. The molecule has 0 radical (unpaired) electrons. The number of hydrogen-bond acceptors (Lipinski definition) is 3. The number of rotatable bonds is 9. The van der Waals surface area contributed by atoms with Crippen molar-refractivity contribution in [3.63, 3.8) is 0 Å². The Hall–Kier alpha value is -1.12. The first-order valence-electron chi connectivity index (χ1n) is 7.71. The Morgan fingerprint density at radius 3 is 2.16 bits per heavy atom. The second-order valence-electron chi connectivity index (χ2n) is 5.75. The molecule has 3 heteroatoms. The van der Waals surface area contributed by atoms with Gasteiger partial charge in [0.15, 0.2) is 0 Å². The predicted molar refractivity (Wildman–Crippen MR) is 81.0 cm³/mol. The van der Waals surface area contributed by atoms with E-state index in [9.17, 15) is 0 Å². The van der Waals surface area contributed by atoms with E-state index in [2.05, 4.69) is 25.7 Å². The lowest BCUT2D eigenvalue weighted by atomic mass is 9.86. The van der Waals surface area contributed by atoms with Gasteiger partial charge in [-0.1, -0.05) is 52.4 Å². The summed E-state index contributed by atoms with van der Waals surface area (Å²) in [5.41, 5.74) is 6.20. The Kier molecular flexibility index (Phi) is 6.82. The maximum absolute atomic E-state index is 6.08. The average molecular weight is 266 g/mol. The number of hydrogen-bond donors (Lipinski definition) is 1. The molecule has 1 aliphatic heterocycles. The topological polar surface area (TPSA) is 38.5 Å². The van der Waals surface area contributed by atoms with Crippen LogP contribution < -0.4 is 5.73 Å². The smallest absolute Gasteiger partial charge is 0.140 e. The van der Waals surface area contributed by atoms with Crippen LogP contribution in [0.15, 0.2) is 24.5 Å². The molecule has 0 aliphatic carbocycles. The molecular weight excluding hydrogens is 236 g/mol. The summed E-state index contributed by atoms with van der Waals surface area (Å²) < 4.78 is 5.15. The fourth-order valence-corrected chi connectivity index (χ4v) is 2.72. The second kappa shape index (κ2) is 8.13. The highest BCUT2D eigenvalue weighted by molar-refractivity contribution is 5.09. The molecule has 3 nitrogen and oxygen atoms in total. The zero-order valence-electron chi connectivity index (χ0n) is 12.8. The van der Waals surface area contributed by atoms with E-state index in [1.807, 2.05) is 6.20 Å². The van der Waals surface area contributed by atoms with E-state index >= 15 is 0 Å². The average Bonchev–Trinajstić information content (AvgIpc) is 2.40. The third-order valence-corrected chi connectivity index (χ3v) is 3.97. The molecule has 1 rings (SSSR count). The summed E-state index contributed by atoms with van der Waals surface area (Å²) in [7, 11) is 0. The van der Waals surface area contributed by atoms with Gasteiger partial charge in [-0.2, -0.15) is 0 Å². The molecule has 1 aliphatic rings. The van der Waals surface area contributed by atoms with Gasteiger partial charge < -0.3 is 15.4 Å². The van der Waals surface area contributed by atoms with Crippen LogP contribution in [0.5, 0.6) is 0 Å². The van der Waals surface area contributed by atoms with Crippen molar-refractivity contribution in [1.82, 2.24) is 4.90 Å². The van der Waals surface area contributed by atoms with Crippen molar-refractivity contribution < 1.29 is 4.74 Å². The molecule has 0 unspecified atom stereocenters. The summed E-state index contributed by atoms with van der Waals surface area (Å²) in [5, 5.41) is 0. The Labute approximate surface area is 118 Å². The Balaban J connectivity index is 2.68. The first-order chi connectivity index (χ1) is 9.14. The lowest BCUT2D eigenvalue weighted by molar-refractivity contribution is 0.149. The lowest BCUT2D eigenvalue weighted by Crippen LogP contribution is -2.45. The van der Waals surface area contributed by atoms with E-state index in [0.717, 1.165) is 5.82 Å². The van der Waals surface area contributed by atoms with Gasteiger partial charge in [0.25, 0.3) is 0 Å². The largest absolute Gasteiger partial charge is 0.467 e. The fraction of sp³-hybridized carbons (Fsp3) is 0.750. The molecule has 0 aromatic carbocycles. The number of ether oxygens (including phenoxy) is 1. The van der Waals surface area contributed by atoms with Crippen molar-refractivity contribution in [2.75, 3.05) is 0 Å². The van der Waals surface area contributed by atoms with Crippen molar-refractivity contribution in [3.8, 4) is 0 Å². The van der Waals surface area contributed by atoms with Crippen molar-refractivity contribution in [3.05, 3.63) is 24.5 Å². The minimum Gasteiger partial charge on any atom is -0.467 e. The van der Waals surface area contributed by atoms with Crippen molar-refractivity contribution >= 4 is 0 Å². The molecule has 0 saturated carbocycles. The zero-order valence-corrected chi connectivity index (χ0v) is 12.8. The second-order valence-corrected chi connectivity index (χ2v) is 5.75. The van der Waals surface area contributed by atoms with Gasteiger partial charge in [-0.3, -0.25) is 0 Å². The summed E-state index contributed by atoms with van der Waals surface area (Å²) in [6, 6.07) is 0. The highest BCUT2D eigenvalue weighted by Gasteiger charge is 2.31. The molecular formula is C16H30N2O. The highest BCUT2D eigenvalue weighted by atomic mass is 16.5. The van der Waals surface area contributed by atoms with Crippen molar-refractivity contribution in [1.29, 1.82) is 0 Å². The quantitative estimate of drug-likeness (QED) is 0.626. The third-order valence-electron chi connectivity index (χ3n) is 3.97. The maximum atomic E-state index is 6.08. The van der Waals surface area contributed by atoms with Gasteiger partial charge in [0, 0.05) is 11.7 Å². The van der Waals surface area contributed by atoms with Gasteiger partial charge in [-0.05, 0) is 19.8 Å². The minimum atomic E-state index is 0.116. The van der Waals surface area contributed by atoms with Crippen molar-refractivity contribution in [2.24, 2.45) is 5.73 Å². The fourth-order valence-electron chi connectivity index (χ4n) is 2.72. The summed E-state index contributed by atoms with van der Waals surface area (Å²) in [6.45, 7) is 6.82. The van der Waals surface area contributed by atoms with Crippen LogP contribution in [-0.4, -0.2) is 10.4 Å². The molecule has 0 spiro atoms. The molecule has 2 N–H and O–H groups in total. The minimum absolute atomic E-state index is 0.116. The SMILES string of the molecule is CCCCCC(C)(CCCCC)N1C=COC=C1N. The Bertz CT molecular complexity index is 300. The predicted octanol–water partition coefficient (Wildman–Crippen LogP) is 4.47. The molecule has 0 amide bonds. The van der Waals surface area contributed by atoms with Gasteiger partial charge in [-0.25, -0.2) is 0 Å². The summed E-state index contributed by atoms with van der Waals surface area (Å²) in [6.07, 6.45) is 15.3. The number of unbranched alkanes of at least 4 members (excludes halogenated alkanes) is 4. The molecule has 0 fully saturated rings. The molecule has 19 heavy (non-hydrogen) atoms. The first-order valence-corrected chi connectivity index (χ1v) is 7.71. The first kappa shape index (κ1) is 15.9. The van der Waals surface area contributed by atoms with E-state index < -0.39 is 0 Å². The van der Waals surface area contributed by atoms with Crippen LogP contribution in [0.4, 0.5) is 0 Å². The zero-order chi connectivity index (χ0) is 14.1. The third kappa shape index (κ3) is 4.81. The van der Waals surface area contributed by atoms with E-state index in [0.29, 0.717) is 0 Å². The van der Waals surface area contributed by atoms with Crippen LogP contribution in [-0.2, 0) is 4.74 Å². The molecule has 0 atom stereocenters. The number of nitrogens with two attached hydrogens (primary N) is 1. The van der Waals surface area contributed by atoms with Crippen LogP contribution in [0.25, 0.3) is 0 Å². The van der Waals surface area contributed by atoms with E-state index in [1.165, 1.54) is 51.4 Å². The Morgan fingerprint density at radius 2 is 1.68 bits per heavy atom. The maximum Gasteiger partial charge on any atom is 0.140 e. The van der Waals surface area contributed by atoms with E-state index in [4.69, 9.17) is 10.5 Å². The van der Waals surface area contributed by atoms with Gasteiger partial charge in [0.2, 0.25) is 0 Å². The van der Waals surface area contributed by atoms with Gasteiger partial charge >= 0.3 is 0 Å². The number of nitrogens with zero attached hydrogens (tertiary/aromatic N) is 1. The molecule has 1 heterocycles. The molecule has 0 bridgehead atoms. The molecule has 0 aromatic heterocycles. The monoisotopic (exact) mass is 266 g/mol. The van der Waals surface area contributed by atoms with Crippen molar-refractivity contribution in [2.45, 2.75) is 77.7 Å². The van der Waals surface area contributed by atoms with Gasteiger partial charge in [0.05, 0.1) is 0 Å². The normalized spacial score (nSPS) is 15.3. The van der Waals surface area contributed by atoms with Gasteiger partial charge in [0.1, 0.15) is 18.3 Å². The highest BCUT2D eigenvalue weighted by Crippen LogP contribution is 2.32. The lowest BCUT2D eigenvalue weighted by Gasteiger charge is -2.42. The van der Waals surface area contributed by atoms with Crippen LogP contribution in [0, 0.1) is 0 Å². The van der Waals surface area contributed by atoms with E-state index in [-0.39, 0.29) is 5.54 Å². The summed E-state index contributed by atoms with van der Waals surface area (Å²) in [5.74, 6) is 0.720. The summed E-state index contributed by atoms with van der Waals surface area (Å²) in [4.78, 5) is 2.20. The van der Waals surface area contributed by atoms with Crippen LogP contribution in [0.2, 0.25) is 0 Å².